The predicted octanol–water partition coefficient (Wildman–Crippen LogP) is 3.65. The second kappa shape index (κ2) is 13.7. The Kier molecular flexibility index (Phi) is 12.0. The van der Waals surface area contributed by atoms with Crippen LogP contribution in [0.25, 0.3) is 0 Å². The van der Waals surface area contributed by atoms with Gasteiger partial charge in [0.05, 0.1) is 13.2 Å². The summed E-state index contributed by atoms with van der Waals surface area (Å²) in [5.74, 6) is 2.97. The SMILES string of the molecule is CCNC(=NCc1cccc(OCC(C)C)c1)N1CCC(CC(=O)NC)CC1.I. The van der Waals surface area contributed by atoms with E-state index in [4.69, 9.17) is 9.73 Å². The Morgan fingerprint density at radius 1 is 1.31 bits per heavy atom. The molecular formula is C22H37IN4O2. The number of aliphatic imine (C=N–C) groups is 1. The molecule has 0 spiro atoms. The number of rotatable bonds is 8. The third-order valence-electron chi connectivity index (χ3n) is 4.90. The van der Waals surface area contributed by atoms with E-state index < -0.39 is 0 Å². The van der Waals surface area contributed by atoms with Crippen LogP contribution in [0.5, 0.6) is 5.75 Å². The molecule has 29 heavy (non-hydrogen) atoms. The minimum atomic E-state index is 0. The number of nitrogens with one attached hydrogen (secondary N) is 2. The van der Waals surface area contributed by atoms with E-state index in [-0.39, 0.29) is 29.9 Å². The van der Waals surface area contributed by atoms with Crippen LogP contribution in [-0.2, 0) is 11.3 Å². The fourth-order valence-corrected chi connectivity index (χ4v) is 3.30. The molecule has 0 saturated carbocycles. The average molecular weight is 516 g/mol. The quantitative estimate of drug-likeness (QED) is 0.315. The topological polar surface area (TPSA) is 66.0 Å². The molecule has 0 aromatic heterocycles. The minimum absolute atomic E-state index is 0. The molecule has 164 valence electrons. The van der Waals surface area contributed by atoms with Gasteiger partial charge in [0.2, 0.25) is 5.91 Å². The number of nitrogens with zero attached hydrogens (tertiary/aromatic N) is 2. The normalized spacial score (nSPS) is 15.1. The third kappa shape index (κ3) is 9.23. The summed E-state index contributed by atoms with van der Waals surface area (Å²) in [5, 5.41) is 6.14. The van der Waals surface area contributed by atoms with Crippen molar-refractivity contribution in [3.05, 3.63) is 29.8 Å². The summed E-state index contributed by atoms with van der Waals surface area (Å²) >= 11 is 0. The summed E-state index contributed by atoms with van der Waals surface area (Å²) < 4.78 is 5.82. The monoisotopic (exact) mass is 516 g/mol. The lowest BCUT2D eigenvalue weighted by atomic mass is 9.93. The fourth-order valence-electron chi connectivity index (χ4n) is 3.30. The Morgan fingerprint density at radius 3 is 2.66 bits per heavy atom. The number of carbonyl (C=O) groups excluding carboxylic acids is 1. The van der Waals surface area contributed by atoms with E-state index in [2.05, 4.69) is 48.4 Å². The van der Waals surface area contributed by atoms with Gasteiger partial charge in [-0.05, 0) is 49.3 Å². The number of carbonyl (C=O) groups is 1. The van der Waals surface area contributed by atoms with E-state index in [1.54, 1.807) is 7.05 Å². The maximum atomic E-state index is 11.6. The summed E-state index contributed by atoms with van der Waals surface area (Å²) in [6.45, 7) is 10.4. The molecule has 1 aromatic rings. The molecule has 0 bridgehead atoms. The minimum Gasteiger partial charge on any atom is -0.493 e. The molecule has 0 unspecified atom stereocenters. The van der Waals surface area contributed by atoms with Crippen molar-refractivity contribution in [3.8, 4) is 5.75 Å². The summed E-state index contributed by atoms with van der Waals surface area (Å²) in [7, 11) is 1.70. The van der Waals surface area contributed by atoms with Crippen LogP contribution in [-0.4, -0.2) is 50.1 Å². The Bertz CT molecular complexity index is 643. The molecule has 1 fully saturated rings. The van der Waals surface area contributed by atoms with Crippen LogP contribution < -0.4 is 15.4 Å². The molecule has 0 radical (unpaired) electrons. The van der Waals surface area contributed by atoms with Crippen molar-refractivity contribution in [2.45, 2.75) is 46.6 Å². The van der Waals surface area contributed by atoms with E-state index in [0.29, 0.717) is 24.8 Å². The summed E-state index contributed by atoms with van der Waals surface area (Å²) in [6.07, 6.45) is 2.67. The van der Waals surface area contributed by atoms with Crippen molar-refractivity contribution >= 4 is 35.8 Å². The number of hydrogen-bond acceptors (Lipinski definition) is 3. The highest BCUT2D eigenvalue weighted by Gasteiger charge is 2.23. The molecule has 1 saturated heterocycles. The summed E-state index contributed by atoms with van der Waals surface area (Å²) in [4.78, 5) is 18.7. The van der Waals surface area contributed by atoms with Gasteiger partial charge in [0, 0.05) is 33.1 Å². The molecule has 2 rings (SSSR count). The number of hydrogen-bond donors (Lipinski definition) is 2. The first-order valence-corrected chi connectivity index (χ1v) is 10.5. The summed E-state index contributed by atoms with van der Waals surface area (Å²) in [5.41, 5.74) is 1.14. The van der Waals surface area contributed by atoms with Gasteiger partial charge in [-0.25, -0.2) is 4.99 Å². The van der Waals surface area contributed by atoms with Crippen LogP contribution in [0.3, 0.4) is 0 Å². The molecule has 7 heteroatoms. The fraction of sp³-hybridized carbons (Fsp3) is 0.636. The van der Waals surface area contributed by atoms with Gasteiger partial charge in [0.25, 0.3) is 0 Å². The van der Waals surface area contributed by atoms with Crippen molar-refractivity contribution in [2.24, 2.45) is 16.8 Å². The number of likely N-dealkylation sites (tertiary alicyclic amines) is 1. The zero-order chi connectivity index (χ0) is 20.4. The first kappa shape index (κ1) is 25.5. The molecule has 1 aliphatic rings. The highest BCUT2D eigenvalue weighted by molar-refractivity contribution is 14.0. The highest BCUT2D eigenvalue weighted by atomic mass is 127. The maximum Gasteiger partial charge on any atom is 0.220 e. The lowest BCUT2D eigenvalue weighted by Crippen LogP contribution is -2.46. The standard InChI is InChI=1S/C22H36N4O2.HI/c1-5-24-22(26-11-9-18(10-12-26)14-21(27)23-4)25-15-19-7-6-8-20(13-19)28-16-17(2)3;/h6-8,13,17-18H,5,9-12,14-16H2,1-4H3,(H,23,27)(H,24,25);1H. The number of halogens is 1. The molecule has 1 heterocycles. The predicted molar refractivity (Wildman–Crippen MR) is 130 cm³/mol. The van der Waals surface area contributed by atoms with Crippen LogP contribution in [0.1, 0.15) is 45.6 Å². The molecule has 1 aliphatic heterocycles. The Balaban J connectivity index is 0.00000420. The van der Waals surface area contributed by atoms with Gasteiger partial charge < -0.3 is 20.3 Å². The molecule has 0 atom stereocenters. The van der Waals surface area contributed by atoms with E-state index in [1.165, 1.54) is 0 Å². The van der Waals surface area contributed by atoms with E-state index in [1.807, 2.05) is 12.1 Å². The van der Waals surface area contributed by atoms with Gasteiger partial charge in [-0.15, -0.1) is 24.0 Å². The van der Waals surface area contributed by atoms with Gasteiger partial charge in [-0.1, -0.05) is 26.0 Å². The molecule has 0 aliphatic carbocycles. The number of amides is 1. The Labute approximate surface area is 192 Å². The highest BCUT2D eigenvalue weighted by Crippen LogP contribution is 2.21. The lowest BCUT2D eigenvalue weighted by molar-refractivity contribution is -0.121. The van der Waals surface area contributed by atoms with Crippen LogP contribution >= 0.6 is 24.0 Å². The van der Waals surface area contributed by atoms with Crippen molar-refractivity contribution in [1.82, 2.24) is 15.5 Å². The largest absolute Gasteiger partial charge is 0.493 e. The summed E-state index contributed by atoms with van der Waals surface area (Å²) in [6, 6.07) is 8.19. The molecule has 6 nitrogen and oxygen atoms in total. The van der Waals surface area contributed by atoms with E-state index in [9.17, 15) is 4.79 Å². The third-order valence-corrected chi connectivity index (χ3v) is 4.90. The molecule has 1 aromatic carbocycles. The van der Waals surface area contributed by atoms with Gasteiger partial charge in [-0.3, -0.25) is 4.79 Å². The van der Waals surface area contributed by atoms with Crippen molar-refractivity contribution in [3.63, 3.8) is 0 Å². The van der Waals surface area contributed by atoms with Crippen LogP contribution in [0.2, 0.25) is 0 Å². The first-order chi connectivity index (χ1) is 13.5. The lowest BCUT2D eigenvalue weighted by Gasteiger charge is -2.34. The second-order valence-electron chi connectivity index (χ2n) is 7.83. The molecule has 1 amide bonds. The molecular weight excluding hydrogens is 479 g/mol. The van der Waals surface area contributed by atoms with Gasteiger partial charge in [0.1, 0.15) is 5.75 Å². The number of piperidine rings is 1. The van der Waals surface area contributed by atoms with E-state index in [0.717, 1.165) is 56.4 Å². The van der Waals surface area contributed by atoms with Gasteiger partial charge >= 0.3 is 0 Å². The number of ether oxygens (including phenoxy) is 1. The molecule has 2 N–H and O–H groups in total. The van der Waals surface area contributed by atoms with Crippen molar-refractivity contribution in [2.75, 3.05) is 33.3 Å². The van der Waals surface area contributed by atoms with Crippen molar-refractivity contribution < 1.29 is 9.53 Å². The van der Waals surface area contributed by atoms with Crippen LogP contribution in [0, 0.1) is 11.8 Å². The Hall–Kier alpha value is -1.51. The average Bonchev–Trinajstić information content (AvgIpc) is 2.70. The van der Waals surface area contributed by atoms with Gasteiger partial charge in [-0.2, -0.15) is 0 Å². The first-order valence-electron chi connectivity index (χ1n) is 10.5. The number of guanidine groups is 1. The maximum absolute atomic E-state index is 11.6. The zero-order valence-corrected chi connectivity index (χ0v) is 20.6. The Morgan fingerprint density at radius 2 is 2.03 bits per heavy atom. The van der Waals surface area contributed by atoms with Crippen LogP contribution in [0.4, 0.5) is 0 Å². The van der Waals surface area contributed by atoms with Gasteiger partial charge in [0.15, 0.2) is 5.96 Å². The second-order valence-corrected chi connectivity index (χ2v) is 7.83. The van der Waals surface area contributed by atoms with Crippen LogP contribution in [0.15, 0.2) is 29.3 Å². The van der Waals surface area contributed by atoms with Crippen molar-refractivity contribution in [1.29, 1.82) is 0 Å². The van der Waals surface area contributed by atoms with E-state index >= 15 is 0 Å². The zero-order valence-electron chi connectivity index (χ0n) is 18.2. The smallest absolute Gasteiger partial charge is 0.220 e. The number of benzene rings is 1.